The van der Waals surface area contributed by atoms with Crippen LogP contribution < -0.4 is 5.73 Å². The van der Waals surface area contributed by atoms with Gasteiger partial charge in [0.05, 0.1) is 5.69 Å². The number of rotatable bonds is 11. The fourth-order valence-electron chi connectivity index (χ4n) is 3.05. The summed E-state index contributed by atoms with van der Waals surface area (Å²) in [6, 6.07) is 5.55. The first-order valence-corrected chi connectivity index (χ1v) is 11.5. The molecular formula is C21H29Cl2N3O2S. The number of unbranched alkanes of at least 4 members (excludes halogenated alkanes) is 3. The molecule has 0 fully saturated rings. The summed E-state index contributed by atoms with van der Waals surface area (Å²) in [6.45, 7) is 7.53. The Morgan fingerprint density at radius 2 is 1.90 bits per heavy atom. The Balaban J connectivity index is 2.37. The van der Waals surface area contributed by atoms with Gasteiger partial charge in [0.25, 0.3) is 0 Å². The third-order valence-corrected chi connectivity index (χ3v) is 5.96. The van der Waals surface area contributed by atoms with Crippen LogP contribution in [0.25, 0.3) is 0 Å². The van der Waals surface area contributed by atoms with Crippen molar-refractivity contribution in [2.24, 2.45) is 5.73 Å². The molecule has 0 aliphatic heterocycles. The highest BCUT2D eigenvalue weighted by Gasteiger charge is 2.21. The molecule has 5 nitrogen and oxygen atoms in total. The minimum absolute atomic E-state index is 0.214. The average molecular weight is 458 g/mol. The van der Waals surface area contributed by atoms with Crippen molar-refractivity contribution >= 4 is 41.1 Å². The first-order valence-electron chi connectivity index (χ1n) is 9.97. The summed E-state index contributed by atoms with van der Waals surface area (Å²) < 4.78 is 7.19. The second kappa shape index (κ2) is 11.7. The van der Waals surface area contributed by atoms with E-state index in [-0.39, 0.29) is 12.5 Å². The molecule has 1 amide bonds. The van der Waals surface area contributed by atoms with E-state index in [0.29, 0.717) is 16.5 Å². The van der Waals surface area contributed by atoms with Gasteiger partial charge in [0.15, 0.2) is 0 Å². The summed E-state index contributed by atoms with van der Waals surface area (Å²) in [5.41, 5.74) is 6.13. The summed E-state index contributed by atoms with van der Waals surface area (Å²) in [4.78, 5) is 16.8. The smallest absolute Gasteiger partial charge is 0.404 e. The number of carbonyl (C=O) groups excluding carboxylic acids is 1. The van der Waals surface area contributed by atoms with Crippen LogP contribution in [-0.2, 0) is 17.7 Å². The van der Waals surface area contributed by atoms with Crippen LogP contribution in [0.1, 0.15) is 63.9 Å². The predicted octanol–water partition coefficient (Wildman–Crippen LogP) is 6.68. The first kappa shape index (κ1) is 23.9. The van der Waals surface area contributed by atoms with Gasteiger partial charge in [-0.1, -0.05) is 75.0 Å². The zero-order chi connectivity index (χ0) is 21.4. The summed E-state index contributed by atoms with van der Waals surface area (Å²) in [6.07, 6.45) is 4.37. The highest BCUT2D eigenvalue weighted by atomic mass is 35.5. The summed E-state index contributed by atoms with van der Waals surface area (Å²) >= 11 is 14.0. The molecular weight excluding hydrogens is 429 g/mol. The van der Waals surface area contributed by atoms with Crippen molar-refractivity contribution in [2.75, 3.05) is 6.61 Å². The Labute approximate surface area is 187 Å². The van der Waals surface area contributed by atoms with E-state index in [1.165, 1.54) is 12.8 Å². The van der Waals surface area contributed by atoms with E-state index >= 15 is 0 Å². The Morgan fingerprint density at radius 1 is 1.21 bits per heavy atom. The van der Waals surface area contributed by atoms with E-state index in [0.717, 1.165) is 40.8 Å². The number of ether oxygens (including phenoxy) is 1. The van der Waals surface area contributed by atoms with Crippen molar-refractivity contribution < 1.29 is 9.53 Å². The van der Waals surface area contributed by atoms with Gasteiger partial charge in [-0.05, 0) is 30.5 Å². The predicted molar refractivity (Wildman–Crippen MR) is 120 cm³/mol. The molecule has 1 heterocycles. The monoisotopic (exact) mass is 457 g/mol. The first-order chi connectivity index (χ1) is 13.8. The molecule has 0 aliphatic carbocycles. The van der Waals surface area contributed by atoms with Gasteiger partial charge in [-0.25, -0.2) is 9.78 Å². The van der Waals surface area contributed by atoms with Gasteiger partial charge in [-0.3, -0.25) is 0 Å². The number of amides is 1. The van der Waals surface area contributed by atoms with Gasteiger partial charge in [-0.2, -0.15) is 0 Å². The minimum Gasteiger partial charge on any atom is -0.449 e. The van der Waals surface area contributed by atoms with Crippen molar-refractivity contribution in [1.82, 2.24) is 9.55 Å². The van der Waals surface area contributed by atoms with Crippen molar-refractivity contribution in [2.45, 2.75) is 75.3 Å². The van der Waals surface area contributed by atoms with Crippen molar-refractivity contribution in [3.63, 3.8) is 0 Å². The largest absolute Gasteiger partial charge is 0.449 e. The number of imidazole rings is 1. The third kappa shape index (κ3) is 7.43. The molecule has 0 aliphatic rings. The number of primary amides is 1. The van der Waals surface area contributed by atoms with Gasteiger partial charge in [0.1, 0.15) is 17.5 Å². The Kier molecular flexibility index (Phi) is 9.66. The second-order valence-corrected chi connectivity index (χ2v) is 9.15. The lowest BCUT2D eigenvalue weighted by molar-refractivity contribution is 0.157. The van der Waals surface area contributed by atoms with E-state index in [1.807, 2.05) is 12.1 Å². The van der Waals surface area contributed by atoms with E-state index in [9.17, 15) is 4.79 Å². The van der Waals surface area contributed by atoms with Crippen LogP contribution in [0.3, 0.4) is 0 Å². The quantitative estimate of drug-likeness (QED) is 0.381. The number of carbonyl (C=O) groups is 1. The maximum atomic E-state index is 10.9. The standard InChI is InChI=1S/C21H29Cl2N3O2S/c1-4-5-6-7-9-26-18(8-10-28-21(24)27)25-19(14(2)3)20(26)29-17-12-15(22)11-16(23)13-17/h11-14H,4-10H2,1-3H3,(H2,24,27). The molecule has 29 heavy (non-hydrogen) atoms. The second-order valence-electron chi connectivity index (χ2n) is 7.21. The number of nitrogens with two attached hydrogens (primary N) is 1. The van der Waals surface area contributed by atoms with E-state index in [4.69, 9.17) is 38.7 Å². The summed E-state index contributed by atoms with van der Waals surface area (Å²) in [5.74, 6) is 1.15. The normalized spacial score (nSPS) is 11.2. The minimum atomic E-state index is -0.765. The molecule has 0 saturated carbocycles. The molecule has 0 bridgehead atoms. The fraction of sp³-hybridized carbons (Fsp3) is 0.524. The molecule has 0 saturated heterocycles. The Morgan fingerprint density at radius 3 is 2.48 bits per heavy atom. The van der Waals surface area contributed by atoms with Crippen LogP contribution in [0.2, 0.25) is 10.0 Å². The molecule has 8 heteroatoms. The number of nitrogens with zero attached hydrogens (tertiary/aromatic N) is 2. The summed E-state index contributed by atoms with van der Waals surface area (Å²) in [7, 11) is 0. The highest BCUT2D eigenvalue weighted by molar-refractivity contribution is 7.99. The zero-order valence-electron chi connectivity index (χ0n) is 17.2. The molecule has 1 aromatic heterocycles. The topological polar surface area (TPSA) is 70.1 Å². The fourth-order valence-corrected chi connectivity index (χ4v) is 4.99. The SMILES string of the molecule is CCCCCCn1c(CCOC(N)=O)nc(C(C)C)c1Sc1cc(Cl)cc(Cl)c1. The van der Waals surface area contributed by atoms with Crippen LogP contribution in [0.15, 0.2) is 28.1 Å². The van der Waals surface area contributed by atoms with Crippen molar-refractivity contribution in [1.29, 1.82) is 0 Å². The van der Waals surface area contributed by atoms with Crippen LogP contribution in [0.4, 0.5) is 4.79 Å². The summed E-state index contributed by atoms with van der Waals surface area (Å²) in [5, 5.41) is 2.30. The van der Waals surface area contributed by atoms with Crippen molar-refractivity contribution in [3.05, 3.63) is 39.8 Å². The lowest BCUT2D eigenvalue weighted by Crippen LogP contribution is -2.16. The number of benzene rings is 1. The molecule has 2 N–H and O–H groups in total. The molecule has 0 unspecified atom stereocenters. The lowest BCUT2D eigenvalue weighted by Gasteiger charge is -2.14. The van der Waals surface area contributed by atoms with Gasteiger partial charge in [-0.15, -0.1) is 0 Å². The average Bonchev–Trinajstić information content (AvgIpc) is 2.95. The Hall–Kier alpha value is -1.37. The molecule has 1 aromatic carbocycles. The van der Waals surface area contributed by atoms with Gasteiger partial charge in [0.2, 0.25) is 0 Å². The van der Waals surface area contributed by atoms with Crippen molar-refractivity contribution in [3.8, 4) is 0 Å². The maximum absolute atomic E-state index is 10.9. The van der Waals surface area contributed by atoms with Crippen LogP contribution >= 0.6 is 35.0 Å². The number of aromatic nitrogens is 2. The number of halogens is 2. The van der Waals surface area contributed by atoms with Gasteiger partial charge < -0.3 is 15.0 Å². The molecule has 160 valence electrons. The molecule has 2 rings (SSSR count). The molecule has 2 aromatic rings. The van der Waals surface area contributed by atoms with Crippen LogP contribution in [0.5, 0.6) is 0 Å². The zero-order valence-corrected chi connectivity index (χ0v) is 19.5. The third-order valence-electron chi connectivity index (χ3n) is 4.43. The number of hydrogen-bond donors (Lipinski definition) is 1. The maximum Gasteiger partial charge on any atom is 0.404 e. The van der Waals surface area contributed by atoms with Gasteiger partial charge >= 0.3 is 6.09 Å². The molecule has 0 spiro atoms. The van der Waals surface area contributed by atoms with Crippen LogP contribution in [0, 0.1) is 0 Å². The Bertz CT molecular complexity index is 804. The van der Waals surface area contributed by atoms with E-state index in [2.05, 4.69) is 25.3 Å². The highest BCUT2D eigenvalue weighted by Crippen LogP contribution is 2.37. The van der Waals surface area contributed by atoms with Gasteiger partial charge in [0, 0.05) is 27.9 Å². The van der Waals surface area contributed by atoms with E-state index in [1.54, 1.807) is 17.8 Å². The number of hydrogen-bond acceptors (Lipinski definition) is 4. The lowest BCUT2D eigenvalue weighted by atomic mass is 10.1. The van der Waals surface area contributed by atoms with E-state index < -0.39 is 6.09 Å². The molecule has 0 radical (unpaired) electrons. The molecule has 0 atom stereocenters. The van der Waals surface area contributed by atoms with Crippen LogP contribution in [-0.4, -0.2) is 22.3 Å².